The number of pyridine rings is 1. The van der Waals surface area contributed by atoms with Gasteiger partial charge in [-0.1, -0.05) is 60.7 Å². The van der Waals surface area contributed by atoms with Gasteiger partial charge in [-0.25, -0.2) is 0 Å². The van der Waals surface area contributed by atoms with E-state index in [1.807, 2.05) is 0 Å². The molecule has 0 aliphatic carbocycles. The number of aromatic nitrogens is 1. The first-order chi connectivity index (χ1) is 16.9. The number of benzene rings is 3. The molecule has 4 aromatic rings. The molecule has 3 heterocycles. The lowest BCUT2D eigenvalue weighted by Crippen LogP contribution is -2.42. The molecule has 6 rings (SSSR count). The molecule has 1 atom stereocenters. The van der Waals surface area contributed by atoms with Crippen LogP contribution in [0.25, 0.3) is 0 Å². The summed E-state index contributed by atoms with van der Waals surface area (Å²) >= 11 is 0. The largest absolute Gasteiger partial charge is 0.336 e. The number of para-hydroxylation sites is 3. The lowest BCUT2D eigenvalue weighted by molar-refractivity contribution is -0.713. The van der Waals surface area contributed by atoms with Crippen molar-refractivity contribution in [3.8, 4) is 0 Å². The molecule has 0 bridgehead atoms. The molecule has 168 valence electrons. The van der Waals surface area contributed by atoms with Crippen molar-refractivity contribution < 1.29 is 4.57 Å². The number of nitrogens with zero attached hydrogens (tertiary/aromatic N) is 4. The summed E-state index contributed by atoms with van der Waals surface area (Å²) < 4.78 is 2.37. The first-order valence-electron chi connectivity index (χ1n) is 12.1. The van der Waals surface area contributed by atoms with Crippen LogP contribution in [0.2, 0.25) is 0 Å². The number of rotatable bonds is 4. The Balaban J connectivity index is 1.58. The fourth-order valence-corrected chi connectivity index (χ4v) is 5.30. The van der Waals surface area contributed by atoms with Gasteiger partial charge in [0.2, 0.25) is 6.04 Å². The van der Waals surface area contributed by atoms with E-state index >= 15 is 0 Å². The molecular formula is C30H29N4+. The van der Waals surface area contributed by atoms with Crippen molar-refractivity contribution in [2.45, 2.75) is 12.5 Å². The van der Waals surface area contributed by atoms with E-state index in [-0.39, 0.29) is 6.04 Å². The summed E-state index contributed by atoms with van der Waals surface area (Å²) in [6.45, 7) is 2.89. The van der Waals surface area contributed by atoms with Crippen LogP contribution in [-0.2, 0) is 0 Å². The van der Waals surface area contributed by atoms with E-state index in [4.69, 9.17) is 0 Å². The number of anilines is 3. The van der Waals surface area contributed by atoms with Gasteiger partial charge in [-0.2, -0.15) is 4.57 Å². The summed E-state index contributed by atoms with van der Waals surface area (Å²) in [5, 5.41) is 0. The lowest BCUT2D eigenvalue weighted by atomic mass is 10.1. The van der Waals surface area contributed by atoms with Crippen LogP contribution in [0.3, 0.4) is 0 Å². The van der Waals surface area contributed by atoms with Gasteiger partial charge in [0, 0.05) is 55.2 Å². The molecule has 3 aromatic carbocycles. The molecule has 34 heavy (non-hydrogen) atoms. The Morgan fingerprint density at radius 2 is 0.941 bits per heavy atom. The Labute approximate surface area is 201 Å². The van der Waals surface area contributed by atoms with E-state index in [0.717, 1.165) is 26.1 Å². The van der Waals surface area contributed by atoms with Gasteiger partial charge in [-0.15, -0.1) is 0 Å². The summed E-state index contributed by atoms with van der Waals surface area (Å²) in [4.78, 5) is 7.53. The molecule has 0 radical (unpaired) electrons. The first kappa shape index (κ1) is 20.5. The van der Waals surface area contributed by atoms with Crippen LogP contribution in [0, 0.1) is 0 Å². The van der Waals surface area contributed by atoms with Crippen molar-refractivity contribution >= 4 is 17.1 Å². The molecule has 0 N–H and O–H groups in total. The molecule has 0 amide bonds. The van der Waals surface area contributed by atoms with Gasteiger partial charge >= 0.3 is 0 Å². The summed E-state index contributed by atoms with van der Waals surface area (Å²) in [6.07, 6.45) is 5.47. The Morgan fingerprint density at radius 1 is 0.500 bits per heavy atom. The van der Waals surface area contributed by atoms with E-state index in [9.17, 15) is 0 Å². The lowest BCUT2D eigenvalue weighted by Gasteiger charge is -2.31. The van der Waals surface area contributed by atoms with Crippen molar-refractivity contribution in [2.75, 3.05) is 34.3 Å². The molecule has 1 aromatic heterocycles. The van der Waals surface area contributed by atoms with E-state index < -0.39 is 0 Å². The maximum absolute atomic E-state index is 2.52. The topological polar surface area (TPSA) is 13.6 Å². The summed E-state index contributed by atoms with van der Waals surface area (Å²) in [5.74, 6) is 1.28. The molecule has 2 aliphatic rings. The Kier molecular flexibility index (Phi) is 5.48. The van der Waals surface area contributed by atoms with Gasteiger partial charge in [0.25, 0.3) is 0 Å². The van der Waals surface area contributed by atoms with Gasteiger partial charge in [0.1, 0.15) is 11.5 Å². The van der Waals surface area contributed by atoms with Crippen LogP contribution >= 0.6 is 0 Å². The molecule has 2 fully saturated rings. The molecule has 4 heteroatoms. The van der Waals surface area contributed by atoms with Crippen molar-refractivity contribution in [1.29, 1.82) is 0 Å². The number of allylic oxidation sites excluding steroid dienone is 1. The van der Waals surface area contributed by atoms with E-state index in [1.54, 1.807) is 0 Å². The zero-order chi connectivity index (χ0) is 22.7. The van der Waals surface area contributed by atoms with Gasteiger partial charge in [-0.05, 0) is 36.4 Å². The maximum atomic E-state index is 2.52. The van der Waals surface area contributed by atoms with Crippen molar-refractivity contribution in [1.82, 2.24) is 0 Å². The monoisotopic (exact) mass is 445 g/mol. The molecule has 1 unspecified atom stereocenters. The van der Waals surface area contributed by atoms with Crippen LogP contribution in [0.5, 0.6) is 0 Å². The Hall–Kier alpha value is -4.05. The fourth-order valence-electron chi connectivity index (χ4n) is 5.30. The fraction of sp³-hybridized carbons (Fsp3) is 0.167. The van der Waals surface area contributed by atoms with Crippen LogP contribution < -0.4 is 19.3 Å². The third-order valence-corrected chi connectivity index (χ3v) is 6.82. The molecule has 0 saturated carbocycles. The molecular weight excluding hydrogens is 416 g/mol. The smallest absolute Gasteiger partial charge is 0.203 e. The molecule has 2 saturated heterocycles. The van der Waals surface area contributed by atoms with Gasteiger partial charge < -0.3 is 14.7 Å². The minimum absolute atomic E-state index is 0.256. The molecule has 0 spiro atoms. The zero-order valence-corrected chi connectivity index (χ0v) is 19.2. The van der Waals surface area contributed by atoms with Crippen LogP contribution in [0.4, 0.5) is 17.1 Å². The Morgan fingerprint density at radius 3 is 1.44 bits per heavy atom. The average molecular weight is 446 g/mol. The van der Waals surface area contributed by atoms with Gasteiger partial charge in [0.15, 0.2) is 12.4 Å². The SMILES string of the molecule is c1ccc(N2CCC([n+]3ccccc3)C2=C2N(c3ccccc3)CCN2c2ccccc2)cc1. The minimum atomic E-state index is 0.256. The second-order valence-corrected chi connectivity index (χ2v) is 8.80. The predicted molar refractivity (Wildman–Crippen MR) is 139 cm³/mol. The molecule has 4 nitrogen and oxygen atoms in total. The summed E-state index contributed by atoms with van der Waals surface area (Å²) in [6, 6.07) is 39.1. The second-order valence-electron chi connectivity index (χ2n) is 8.80. The Bertz CT molecular complexity index is 1060. The minimum Gasteiger partial charge on any atom is -0.336 e. The second kappa shape index (κ2) is 9.06. The van der Waals surface area contributed by atoms with E-state index in [1.165, 1.54) is 28.6 Å². The third kappa shape index (κ3) is 3.71. The van der Waals surface area contributed by atoms with Gasteiger partial charge in [0.05, 0.1) is 0 Å². The third-order valence-electron chi connectivity index (χ3n) is 6.82. The first-order valence-corrected chi connectivity index (χ1v) is 12.1. The van der Waals surface area contributed by atoms with Crippen LogP contribution in [0.15, 0.2) is 133 Å². The normalized spacial score (nSPS) is 18.1. The highest BCUT2D eigenvalue weighted by Crippen LogP contribution is 2.41. The average Bonchev–Trinajstić information content (AvgIpc) is 3.55. The van der Waals surface area contributed by atoms with E-state index in [2.05, 4.69) is 141 Å². The van der Waals surface area contributed by atoms with Crippen molar-refractivity contribution in [3.05, 3.63) is 133 Å². The highest BCUT2D eigenvalue weighted by molar-refractivity contribution is 5.68. The maximum Gasteiger partial charge on any atom is 0.203 e. The highest BCUT2D eigenvalue weighted by atomic mass is 15.4. The van der Waals surface area contributed by atoms with Crippen molar-refractivity contribution in [2.24, 2.45) is 0 Å². The van der Waals surface area contributed by atoms with Crippen molar-refractivity contribution in [3.63, 3.8) is 0 Å². The summed E-state index contributed by atoms with van der Waals surface area (Å²) in [7, 11) is 0. The van der Waals surface area contributed by atoms with E-state index in [0.29, 0.717) is 0 Å². The van der Waals surface area contributed by atoms with Crippen LogP contribution in [-0.4, -0.2) is 19.6 Å². The predicted octanol–water partition coefficient (Wildman–Crippen LogP) is 5.62. The standard InChI is InChI=1S/C30H29N4/c1-5-13-25(14-6-1)32-22-19-28(31-20-11-4-12-21-31)29(32)30-33(26-15-7-2-8-16-26)23-24-34(30)27-17-9-3-10-18-27/h1-18,20-21,28H,19,22-24H2/q+1. The van der Waals surface area contributed by atoms with Gasteiger partial charge in [-0.3, -0.25) is 0 Å². The number of hydrogen-bond donors (Lipinski definition) is 0. The summed E-state index contributed by atoms with van der Waals surface area (Å²) in [5.41, 5.74) is 5.07. The molecule has 2 aliphatic heterocycles. The highest BCUT2D eigenvalue weighted by Gasteiger charge is 2.43. The zero-order valence-electron chi connectivity index (χ0n) is 19.2. The quantitative estimate of drug-likeness (QED) is 0.379. The number of hydrogen-bond acceptors (Lipinski definition) is 3. The van der Waals surface area contributed by atoms with Crippen LogP contribution in [0.1, 0.15) is 12.5 Å².